The van der Waals surface area contributed by atoms with E-state index >= 15 is 0 Å². The molecular weight excluding hydrogens is 450 g/mol. The van der Waals surface area contributed by atoms with Gasteiger partial charge in [0.25, 0.3) is 0 Å². The molecule has 0 fully saturated rings. The Morgan fingerprint density at radius 3 is 2.12 bits per heavy atom. The van der Waals surface area contributed by atoms with Crippen molar-refractivity contribution in [2.75, 3.05) is 12.8 Å². The molecule has 0 aliphatic rings. The van der Waals surface area contributed by atoms with Gasteiger partial charge in [-0.3, -0.25) is 19.6 Å². The average molecular weight is 486 g/mol. The van der Waals surface area contributed by atoms with Crippen LogP contribution in [-0.2, 0) is 20.8 Å². The van der Waals surface area contributed by atoms with Crippen LogP contribution in [0.3, 0.4) is 0 Å². The number of carbonyl (C=O) groups excluding carboxylic acids is 3. The molecule has 0 aliphatic carbocycles. The second-order valence-electron chi connectivity index (χ2n) is 8.81. The zero-order valence-corrected chi connectivity index (χ0v) is 21.0. The van der Waals surface area contributed by atoms with Gasteiger partial charge in [-0.25, -0.2) is 5.48 Å². The van der Waals surface area contributed by atoms with Crippen molar-refractivity contribution >= 4 is 29.5 Å². The van der Waals surface area contributed by atoms with E-state index in [0.29, 0.717) is 18.6 Å². The van der Waals surface area contributed by atoms with Crippen LogP contribution in [0.2, 0.25) is 0 Å². The van der Waals surface area contributed by atoms with E-state index in [2.05, 4.69) is 10.6 Å². The summed E-state index contributed by atoms with van der Waals surface area (Å²) in [6.07, 6.45) is 0.764. The highest BCUT2D eigenvalue weighted by Crippen LogP contribution is 2.29. The molecule has 0 saturated heterocycles. The average Bonchev–Trinajstić information content (AvgIpc) is 2.83. The van der Waals surface area contributed by atoms with Gasteiger partial charge in [0.2, 0.25) is 17.7 Å². The number of thioether (sulfide) groups is 1. The lowest BCUT2D eigenvalue weighted by atomic mass is 9.84. The topological polar surface area (TPSA) is 108 Å². The van der Waals surface area contributed by atoms with Gasteiger partial charge in [-0.1, -0.05) is 61.9 Å². The van der Waals surface area contributed by atoms with Gasteiger partial charge < -0.3 is 10.6 Å². The first-order valence-electron chi connectivity index (χ1n) is 11.4. The van der Waals surface area contributed by atoms with Crippen LogP contribution in [0.25, 0.3) is 0 Å². The number of hydrogen-bond acceptors (Lipinski definition) is 5. The third-order valence-electron chi connectivity index (χ3n) is 5.61. The molecule has 3 atom stereocenters. The highest BCUT2D eigenvalue weighted by molar-refractivity contribution is 7.99. The summed E-state index contributed by atoms with van der Waals surface area (Å²) in [6, 6.07) is 16.6. The van der Waals surface area contributed by atoms with Crippen LogP contribution >= 0.6 is 11.8 Å². The van der Waals surface area contributed by atoms with Gasteiger partial charge in [0.15, 0.2) is 0 Å². The lowest BCUT2D eigenvalue weighted by Crippen LogP contribution is -2.51. The Morgan fingerprint density at radius 1 is 0.912 bits per heavy atom. The van der Waals surface area contributed by atoms with Crippen LogP contribution in [0.4, 0.5) is 0 Å². The second kappa shape index (κ2) is 13.8. The number of carbonyl (C=O) groups is 3. The fraction of sp³-hybridized carbons (Fsp3) is 0.423. The van der Waals surface area contributed by atoms with Crippen molar-refractivity contribution in [1.29, 1.82) is 0 Å². The molecule has 4 N–H and O–H groups in total. The lowest BCUT2D eigenvalue weighted by molar-refractivity contribution is -0.140. The number of rotatable bonds is 12. The van der Waals surface area contributed by atoms with Crippen LogP contribution in [0.1, 0.15) is 31.4 Å². The van der Waals surface area contributed by atoms with Gasteiger partial charge in [0.1, 0.15) is 6.04 Å². The number of benzene rings is 2. The Morgan fingerprint density at radius 2 is 1.56 bits per heavy atom. The number of amides is 3. The number of nitrogens with one attached hydrogen (secondary N) is 3. The molecule has 34 heavy (non-hydrogen) atoms. The van der Waals surface area contributed by atoms with Gasteiger partial charge in [-0.05, 0) is 37.0 Å². The van der Waals surface area contributed by atoms with Crippen molar-refractivity contribution in [2.45, 2.75) is 44.6 Å². The first-order valence-corrected chi connectivity index (χ1v) is 12.4. The fourth-order valence-corrected chi connectivity index (χ4v) is 4.85. The number of aryl methyl sites for hydroxylation is 1. The maximum atomic E-state index is 13.5. The smallest absolute Gasteiger partial charge is 0.248 e. The molecule has 184 valence electrons. The normalized spacial score (nSPS) is 13.6. The molecule has 2 aromatic carbocycles. The highest BCUT2D eigenvalue weighted by Gasteiger charge is 2.36. The first-order chi connectivity index (χ1) is 16.2. The summed E-state index contributed by atoms with van der Waals surface area (Å²) in [4.78, 5) is 39.6. The van der Waals surface area contributed by atoms with E-state index in [1.165, 1.54) is 18.8 Å². The Kier molecular flexibility index (Phi) is 11.1. The van der Waals surface area contributed by atoms with E-state index in [1.54, 1.807) is 5.48 Å². The lowest BCUT2D eigenvalue weighted by Gasteiger charge is -2.28. The number of hydroxylamine groups is 1. The summed E-state index contributed by atoms with van der Waals surface area (Å²) in [5.41, 5.74) is 3.76. The Bertz CT molecular complexity index is 935. The molecule has 0 spiro atoms. The Balaban J connectivity index is 2.25. The summed E-state index contributed by atoms with van der Waals surface area (Å²) in [5, 5.41) is 14.9. The van der Waals surface area contributed by atoms with Gasteiger partial charge in [0.05, 0.1) is 11.8 Å². The van der Waals surface area contributed by atoms with Crippen LogP contribution in [0, 0.1) is 24.7 Å². The van der Waals surface area contributed by atoms with Crippen molar-refractivity contribution in [3.05, 3.63) is 65.7 Å². The maximum absolute atomic E-state index is 13.5. The largest absolute Gasteiger partial charge is 0.357 e. The molecule has 7 nitrogen and oxygen atoms in total. The molecule has 0 radical (unpaired) electrons. The highest BCUT2D eigenvalue weighted by atomic mass is 32.2. The van der Waals surface area contributed by atoms with Crippen molar-refractivity contribution in [3.8, 4) is 0 Å². The molecule has 0 unspecified atom stereocenters. The van der Waals surface area contributed by atoms with E-state index in [4.69, 9.17) is 0 Å². The van der Waals surface area contributed by atoms with E-state index in [9.17, 15) is 19.6 Å². The summed E-state index contributed by atoms with van der Waals surface area (Å²) >= 11 is 1.45. The van der Waals surface area contributed by atoms with Gasteiger partial charge in [0, 0.05) is 24.1 Å². The van der Waals surface area contributed by atoms with Crippen LogP contribution < -0.4 is 16.1 Å². The Labute approximate surface area is 206 Å². The molecule has 3 amide bonds. The minimum Gasteiger partial charge on any atom is -0.357 e. The molecule has 0 aromatic heterocycles. The minimum atomic E-state index is -0.783. The zero-order chi connectivity index (χ0) is 25.1. The predicted octanol–water partition coefficient (Wildman–Crippen LogP) is 3.34. The SMILES string of the molecule is CNC(=O)[C@H](Cc1ccc(C)cc1)NC(=O)[C@H](CC(C)C)[C@H](CSc1ccccc1)C(=O)NO. The van der Waals surface area contributed by atoms with E-state index < -0.39 is 23.8 Å². The zero-order valence-electron chi connectivity index (χ0n) is 20.2. The van der Waals surface area contributed by atoms with Crippen molar-refractivity contribution in [1.82, 2.24) is 16.1 Å². The Hall–Kier alpha value is -2.84. The van der Waals surface area contributed by atoms with Crippen LogP contribution in [0.5, 0.6) is 0 Å². The van der Waals surface area contributed by atoms with Crippen molar-refractivity contribution < 1.29 is 19.6 Å². The van der Waals surface area contributed by atoms with Crippen LogP contribution in [-0.4, -0.2) is 41.8 Å². The monoisotopic (exact) mass is 485 g/mol. The molecule has 0 aliphatic heterocycles. The van der Waals surface area contributed by atoms with E-state index in [-0.39, 0.29) is 17.7 Å². The van der Waals surface area contributed by atoms with Gasteiger partial charge in [-0.2, -0.15) is 0 Å². The molecular formula is C26H35N3O4S. The second-order valence-corrected chi connectivity index (χ2v) is 9.90. The quantitative estimate of drug-likeness (QED) is 0.210. The summed E-state index contributed by atoms with van der Waals surface area (Å²) in [5.74, 6) is -2.35. The molecule has 8 heteroatoms. The summed E-state index contributed by atoms with van der Waals surface area (Å²) in [7, 11) is 1.53. The molecule has 0 bridgehead atoms. The van der Waals surface area contributed by atoms with Crippen molar-refractivity contribution in [2.24, 2.45) is 17.8 Å². The summed E-state index contributed by atoms with van der Waals surface area (Å²) < 4.78 is 0. The van der Waals surface area contributed by atoms with Crippen molar-refractivity contribution in [3.63, 3.8) is 0 Å². The summed E-state index contributed by atoms with van der Waals surface area (Å²) in [6.45, 7) is 5.93. The van der Waals surface area contributed by atoms with Gasteiger partial charge >= 0.3 is 0 Å². The predicted molar refractivity (Wildman–Crippen MR) is 134 cm³/mol. The molecule has 0 heterocycles. The standard InChI is InChI=1S/C26H35N3O4S/c1-17(2)14-21(22(25(31)29-33)16-34-20-8-6-5-7-9-20)24(30)28-23(26(32)27-4)15-19-12-10-18(3)11-13-19/h5-13,17,21-23,33H,14-16H2,1-4H3,(H,27,32)(H,28,30)(H,29,31)/t21-,22+,23+/m1/s1. The molecule has 0 saturated carbocycles. The third-order valence-corrected chi connectivity index (χ3v) is 6.74. The number of hydrogen-bond donors (Lipinski definition) is 4. The van der Waals surface area contributed by atoms with E-state index in [1.807, 2.05) is 75.4 Å². The minimum absolute atomic E-state index is 0.127. The fourth-order valence-electron chi connectivity index (χ4n) is 3.74. The van der Waals surface area contributed by atoms with E-state index in [0.717, 1.165) is 16.0 Å². The third kappa shape index (κ3) is 8.50. The van der Waals surface area contributed by atoms with Gasteiger partial charge in [-0.15, -0.1) is 11.8 Å². The number of likely N-dealkylation sites (N-methyl/N-ethyl adjacent to an activating group) is 1. The maximum Gasteiger partial charge on any atom is 0.248 e. The molecule has 2 rings (SSSR count). The first kappa shape index (κ1) is 27.4. The van der Waals surface area contributed by atoms with Crippen LogP contribution in [0.15, 0.2) is 59.5 Å². The molecule has 2 aromatic rings.